The highest BCUT2D eigenvalue weighted by Gasteiger charge is 2.21. The number of rotatable bonds is 10. The van der Waals surface area contributed by atoms with Crippen LogP contribution in [0.5, 0.6) is 5.75 Å². The van der Waals surface area contributed by atoms with Crippen LogP contribution >= 0.6 is 24.0 Å². The molecule has 1 heterocycles. The van der Waals surface area contributed by atoms with E-state index >= 15 is 0 Å². The molecule has 0 aromatic heterocycles. The Bertz CT molecular complexity index is 566. The van der Waals surface area contributed by atoms with E-state index < -0.39 is 0 Å². The fraction of sp³-hybridized carbons (Fsp3) is 0.650. The van der Waals surface area contributed by atoms with Crippen LogP contribution in [0.4, 0.5) is 5.69 Å². The number of hydrogen-bond donors (Lipinski definition) is 2. The number of nitrogens with one attached hydrogen (secondary N) is 1. The van der Waals surface area contributed by atoms with Crippen molar-refractivity contribution in [1.82, 2.24) is 10.2 Å². The number of hydrogen-bond acceptors (Lipinski definition) is 5. The second kappa shape index (κ2) is 14.7. The van der Waals surface area contributed by atoms with Crippen LogP contribution in [0.15, 0.2) is 29.3 Å². The van der Waals surface area contributed by atoms with E-state index in [9.17, 15) is 5.11 Å². The third-order valence-corrected chi connectivity index (χ3v) is 4.53. The Kier molecular flexibility index (Phi) is 13.0. The topological polar surface area (TPSA) is 69.6 Å². The van der Waals surface area contributed by atoms with Crippen molar-refractivity contribution in [3.63, 3.8) is 0 Å². The van der Waals surface area contributed by atoms with E-state index in [1.54, 1.807) is 13.2 Å². The van der Waals surface area contributed by atoms with Crippen molar-refractivity contribution in [2.45, 2.75) is 19.8 Å². The summed E-state index contributed by atoms with van der Waals surface area (Å²) in [4.78, 5) is 9.30. The molecule has 160 valence electrons. The highest BCUT2D eigenvalue weighted by atomic mass is 127. The average Bonchev–Trinajstić information content (AvgIpc) is 2.70. The van der Waals surface area contributed by atoms with Gasteiger partial charge in [0.15, 0.2) is 5.96 Å². The van der Waals surface area contributed by atoms with Gasteiger partial charge in [0.1, 0.15) is 5.75 Å². The summed E-state index contributed by atoms with van der Waals surface area (Å²) in [5.74, 6) is 1.33. The van der Waals surface area contributed by atoms with Gasteiger partial charge in [-0.05, 0) is 31.9 Å². The molecule has 0 saturated carbocycles. The van der Waals surface area contributed by atoms with Crippen LogP contribution < -0.4 is 10.2 Å². The monoisotopic (exact) mass is 506 g/mol. The average molecular weight is 506 g/mol. The summed E-state index contributed by atoms with van der Waals surface area (Å²) < 4.78 is 10.4. The summed E-state index contributed by atoms with van der Waals surface area (Å²) in [6.07, 6.45) is 2.02. The molecule has 0 atom stereocenters. The largest absolute Gasteiger partial charge is 0.506 e. The highest BCUT2D eigenvalue weighted by Crippen LogP contribution is 2.27. The van der Waals surface area contributed by atoms with Crippen molar-refractivity contribution in [1.29, 1.82) is 0 Å². The number of nitrogens with zero attached hydrogens (tertiary/aromatic N) is 3. The van der Waals surface area contributed by atoms with Crippen molar-refractivity contribution in [2.75, 3.05) is 71.1 Å². The molecule has 1 aliphatic rings. The van der Waals surface area contributed by atoms with Gasteiger partial charge in [0.2, 0.25) is 0 Å². The van der Waals surface area contributed by atoms with Crippen molar-refractivity contribution in [3.8, 4) is 5.75 Å². The first kappa shape index (κ1) is 24.8. The van der Waals surface area contributed by atoms with Crippen LogP contribution in [0.25, 0.3) is 0 Å². The predicted molar refractivity (Wildman–Crippen MR) is 125 cm³/mol. The van der Waals surface area contributed by atoms with Gasteiger partial charge in [-0.15, -0.1) is 24.0 Å². The summed E-state index contributed by atoms with van der Waals surface area (Å²) >= 11 is 0. The Morgan fingerprint density at radius 2 is 1.86 bits per heavy atom. The summed E-state index contributed by atoms with van der Waals surface area (Å²) in [7, 11) is 1.68. The smallest absolute Gasteiger partial charge is 0.194 e. The van der Waals surface area contributed by atoms with Crippen molar-refractivity contribution >= 4 is 35.6 Å². The molecule has 0 spiro atoms. The number of anilines is 1. The molecule has 1 aliphatic heterocycles. The molecule has 1 fully saturated rings. The van der Waals surface area contributed by atoms with Crippen LogP contribution in [0.2, 0.25) is 0 Å². The number of methoxy groups -OCH3 is 1. The van der Waals surface area contributed by atoms with Gasteiger partial charge in [0, 0.05) is 53.0 Å². The van der Waals surface area contributed by atoms with Crippen LogP contribution in [-0.2, 0) is 9.47 Å². The lowest BCUT2D eigenvalue weighted by molar-refractivity contribution is 0.0690. The minimum atomic E-state index is 0. The van der Waals surface area contributed by atoms with Gasteiger partial charge < -0.3 is 29.7 Å². The zero-order chi connectivity index (χ0) is 19.3. The first-order valence-corrected chi connectivity index (χ1v) is 9.89. The lowest BCUT2D eigenvalue weighted by Gasteiger charge is -2.37. The van der Waals surface area contributed by atoms with Crippen LogP contribution in [0.1, 0.15) is 19.8 Å². The Labute approximate surface area is 186 Å². The van der Waals surface area contributed by atoms with Gasteiger partial charge in [-0.25, -0.2) is 0 Å². The molecule has 0 aliphatic carbocycles. The fourth-order valence-electron chi connectivity index (χ4n) is 3.06. The number of guanidine groups is 1. The lowest BCUT2D eigenvalue weighted by Crippen LogP contribution is -2.52. The molecule has 0 radical (unpaired) electrons. The fourth-order valence-corrected chi connectivity index (χ4v) is 3.06. The van der Waals surface area contributed by atoms with Gasteiger partial charge in [-0.1, -0.05) is 12.1 Å². The molecule has 0 unspecified atom stereocenters. The van der Waals surface area contributed by atoms with E-state index in [0.717, 1.165) is 70.4 Å². The first-order chi connectivity index (χ1) is 13.3. The minimum Gasteiger partial charge on any atom is -0.506 e. The highest BCUT2D eigenvalue weighted by molar-refractivity contribution is 14.0. The van der Waals surface area contributed by atoms with Gasteiger partial charge >= 0.3 is 0 Å². The van der Waals surface area contributed by atoms with Crippen LogP contribution in [0.3, 0.4) is 0 Å². The van der Waals surface area contributed by atoms with E-state index in [1.807, 2.05) is 18.2 Å². The van der Waals surface area contributed by atoms with Gasteiger partial charge in [0.25, 0.3) is 0 Å². The molecule has 8 heteroatoms. The standard InChI is InChI=1S/C20H34N4O3.HI/c1-3-21-20(22-10-6-7-15-27-17-16-26-2)24-13-11-23(12-14-24)18-8-4-5-9-19(18)25;/h4-5,8-9,25H,3,6-7,10-17H2,1-2H3,(H,21,22);1H. The zero-order valence-electron chi connectivity index (χ0n) is 17.1. The van der Waals surface area contributed by atoms with Crippen molar-refractivity contribution in [2.24, 2.45) is 4.99 Å². The number of aromatic hydroxyl groups is 1. The Morgan fingerprint density at radius 1 is 1.11 bits per heavy atom. The Hall–Kier alpha value is -1.26. The Morgan fingerprint density at radius 3 is 2.54 bits per heavy atom. The van der Waals surface area contributed by atoms with Gasteiger partial charge in [-0.3, -0.25) is 4.99 Å². The second-order valence-corrected chi connectivity index (χ2v) is 6.51. The molecule has 2 rings (SSSR count). The van der Waals surface area contributed by atoms with Crippen LogP contribution in [0, 0.1) is 0 Å². The van der Waals surface area contributed by atoms with Crippen molar-refractivity contribution < 1.29 is 14.6 Å². The second-order valence-electron chi connectivity index (χ2n) is 6.51. The molecule has 0 bridgehead atoms. The van der Waals surface area contributed by atoms with E-state index in [2.05, 4.69) is 22.0 Å². The lowest BCUT2D eigenvalue weighted by atomic mass is 10.2. The molecular formula is C20H35IN4O3. The molecule has 7 nitrogen and oxygen atoms in total. The van der Waals surface area contributed by atoms with E-state index in [1.165, 1.54) is 0 Å². The number of ether oxygens (including phenoxy) is 2. The molecule has 1 saturated heterocycles. The summed E-state index contributed by atoms with van der Waals surface area (Å²) in [5.41, 5.74) is 0.910. The van der Waals surface area contributed by atoms with Crippen molar-refractivity contribution in [3.05, 3.63) is 24.3 Å². The quantitative estimate of drug-likeness (QED) is 0.220. The van der Waals surface area contributed by atoms with Gasteiger partial charge in [-0.2, -0.15) is 0 Å². The minimum absolute atomic E-state index is 0. The SMILES string of the molecule is CCNC(=NCCCCOCCOC)N1CCN(c2ccccc2O)CC1.I. The van der Waals surface area contributed by atoms with E-state index in [4.69, 9.17) is 14.5 Å². The maximum Gasteiger partial charge on any atom is 0.194 e. The maximum atomic E-state index is 10.0. The third kappa shape index (κ3) is 8.40. The zero-order valence-corrected chi connectivity index (χ0v) is 19.4. The number of phenolic OH excluding ortho intramolecular Hbond substituents is 1. The summed E-state index contributed by atoms with van der Waals surface area (Å²) in [6.45, 7) is 9.34. The molecular weight excluding hydrogens is 471 g/mol. The molecule has 2 N–H and O–H groups in total. The van der Waals surface area contributed by atoms with E-state index in [-0.39, 0.29) is 24.0 Å². The number of benzene rings is 1. The van der Waals surface area contributed by atoms with Gasteiger partial charge in [0.05, 0.1) is 18.9 Å². The van der Waals surface area contributed by atoms with Crippen LogP contribution in [-0.4, -0.2) is 82.2 Å². The molecule has 0 amide bonds. The number of phenols is 1. The normalized spacial score (nSPS) is 14.7. The number of para-hydroxylation sites is 2. The first-order valence-electron chi connectivity index (χ1n) is 9.89. The number of halogens is 1. The number of piperazine rings is 1. The molecule has 1 aromatic rings. The third-order valence-electron chi connectivity index (χ3n) is 4.53. The molecule has 1 aromatic carbocycles. The predicted octanol–water partition coefficient (Wildman–Crippen LogP) is 2.54. The van der Waals surface area contributed by atoms with E-state index in [0.29, 0.717) is 19.0 Å². The summed E-state index contributed by atoms with van der Waals surface area (Å²) in [6, 6.07) is 7.53. The molecule has 28 heavy (non-hydrogen) atoms. The Balaban J connectivity index is 0.00000392. The summed E-state index contributed by atoms with van der Waals surface area (Å²) in [5, 5.41) is 13.4. The number of unbranched alkanes of at least 4 members (excludes halogenated alkanes) is 1. The maximum absolute atomic E-state index is 10.0. The number of aliphatic imine (C=N–C) groups is 1.